The van der Waals surface area contributed by atoms with Crippen LogP contribution < -0.4 is 5.32 Å². The fraction of sp³-hybridized carbons (Fsp3) is 1.00. The summed E-state index contributed by atoms with van der Waals surface area (Å²) in [5, 5.41) is 3.72. The molecular weight excluding hydrogens is 220 g/mol. The molecule has 2 nitrogen and oxygen atoms in total. The topological polar surface area (TPSA) is 15.3 Å². The van der Waals surface area contributed by atoms with E-state index in [4.69, 9.17) is 0 Å². The van der Waals surface area contributed by atoms with Gasteiger partial charge in [0.25, 0.3) is 0 Å². The van der Waals surface area contributed by atoms with Crippen LogP contribution >= 0.6 is 0 Å². The molecule has 1 aliphatic rings. The number of hydrogen-bond acceptors (Lipinski definition) is 2. The third-order valence-electron chi connectivity index (χ3n) is 3.86. The van der Waals surface area contributed by atoms with Crippen LogP contribution in [0.3, 0.4) is 0 Å². The molecule has 0 aromatic heterocycles. The van der Waals surface area contributed by atoms with Crippen LogP contribution in [0.15, 0.2) is 0 Å². The van der Waals surface area contributed by atoms with E-state index in [0.717, 1.165) is 30.5 Å². The molecular formula is C16H34N2. The van der Waals surface area contributed by atoms with Gasteiger partial charge in [-0.25, -0.2) is 0 Å². The zero-order valence-electron chi connectivity index (χ0n) is 13.2. The molecule has 2 heteroatoms. The van der Waals surface area contributed by atoms with Gasteiger partial charge >= 0.3 is 0 Å². The predicted octanol–water partition coefficient (Wildman–Crippen LogP) is 3.52. The normalized spacial score (nSPS) is 25.3. The molecule has 2 atom stereocenters. The molecule has 0 spiro atoms. The number of rotatable bonds is 7. The third-order valence-corrected chi connectivity index (χ3v) is 3.86. The Morgan fingerprint density at radius 2 is 1.56 bits per heavy atom. The molecule has 0 aromatic rings. The van der Waals surface area contributed by atoms with Gasteiger partial charge in [0.05, 0.1) is 0 Å². The zero-order valence-corrected chi connectivity index (χ0v) is 13.2. The SMILES string of the molecule is CCNC1CCCCC1N(CC(C)C)CC(C)C. The van der Waals surface area contributed by atoms with Gasteiger partial charge in [-0.3, -0.25) is 4.90 Å². The molecule has 1 N–H and O–H groups in total. The van der Waals surface area contributed by atoms with Gasteiger partial charge < -0.3 is 5.32 Å². The highest BCUT2D eigenvalue weighted by Crippen LogP contribution is 2.25. The van der Waals surface area contributed by atoms with Gasteiger partial charge in [0.2, 0.25) is 0 Å². The molecule has 18 heavy (non-hydrogen) atoms. The van der Waals surface area contributed by atoms with Crippen LogP contribution in [0.1, 0.15) is 60.3 Å². The van der Waals surface area contributed by atoms with E-state index in [2.05, 4.69) is 44.8 Å². The summed E-state index contributed by atoms with van der Waals surface area (Å²) in [6.07, 6.45) is 5.58. The Morgan fingerprint density at radius 1 is 1.00 bits per heavy atom. The molecule has 1 rings (SSSR count). The maximum atomic E-state index is 3.72. The van der Waals surface area contributed by atoms with Gasteiger partial charge in [-0.05, 0) is 31.2 Å². The molecule has 1 fully saturated rings. The van der Waals surface area contributed by atoms with E-state index in [1.165, 1.54) is 38.8 Å². The molecule has 0 saturated heterocycles. The minimum absolute atomic E-state index is 0.723. The van der Waals surface area contributed by atoms with Gasteiger partial charge in [0.1, 0.15) is 0 Å². The second kappa shape index (κ2) is 8.16. The summed E-state index contributed by atoms with van der Waals surface area (Å²) in [6.45, 7) is 15.2. The van der Waals surface area contributed by atoms with Crippen LogP contribution in [0.2, 0.25) is 0 Å². The fourth-order valence-electron chi connectivity index (χ4n) is 3.33. The van der Waals surface area contributed by atoms with E-state index < -0.39 is 0 Å². The fourth-order valence-corrected chi connectivity index (χ4v) is 3.33. The van der Waals surface area contributed by atoms with Crippen molar-refractivity contribution in [1.29, 1.82) is 0 Å². The summed E-state index contributed by atoms with van der Waals surface area (Å²) in [5.74, 6) is 1.54. The van der Waals surface area contributed by atoms with Crippen LogP contribution in [-0.4, -0.2) is 36.6 Å². The summed E-state index contributed by atoms with van der Waals surface area (Å²) in [5.41, 5.74) is 0. The Kier molecular flexibility index (Phi) is 7.25. The lowest BCUT2D eigenvalue weighted by atomic mass is 9.88. The second-order valence-corrected chi connectivity index (χ2v) is 6.76. The van der Waals surface area contributed by atoms with Crippen molar-refractivity contribution in [3.8, 4) is 0 Å². The summed E-state index contributed by atoms with van der Waals surface area (Å²) in [6, 6.07) is 1.49. The lowest BCUT2D eigenvalue weighted by Gasteiger charge is -2.42. The van der Waals surface area contributed by atoms with Crippen molar-refractivity contribution < 1.29 is 0 Å². The largest absolute Gasteiger partial charge is 0.313 e. The summed E-state index contributed by atoms with van der Waals surface area (Å²) >= 11 is 0. The van der Waals surface area contributed by atoms with E-state index in [-0.39, 0.29) is 0 Å². The molecule has 2 unspecified atom stereocenters. The Labute approximate surface area is 115 Å². The Hall–Kier alpha value is -0.0800. The van der Waals surface area contributed by atoms with Crippen LogP contribution in [-0.2, 0) is 0 Å². The van der Waals surface area contributed by atoms with Crippen LogP contribution in [0.4, 0.5) is 0 Å². The maximum absolute atomic E-state index is 3.72. The van der Waals surface area contributed by atoms with Crippen LogP contribution in [0, 0.1) is 11.8 Å². The number of likely N-dealkylation sites (N-methyl/N-ethyl adjacent to an activating group) is 1. The van der Waals surface area contributed by atoms with Crippen molar-refractivity contribution in [2.75, 3.05) is 19.6 Å². The summed E-state index contributed by atoms with van der Waals surface area (Å²) in [4.78, 5) is 2.77. The molecule has 108 valence electrons. The molecule has 0 radical (unpaired) electrons. The van der Waals surface area contributed by atoms with Gasteiger partial charge in [-0.2, -0.15) is 0 Å². The quantitative estimate of drug-likeness (QED) is 0.748. The average molecular weight is 254 g/mol. The Morgan fingerprint density at radius 3 is 2.06 bits per heavy atom. The van der Waals surface area contributed by atoms with Crippen molar-refractivity contribution in [3.63, 3.8) is 0 Å². The monoisotopic (exact) mass is 254 g/mol. The molecule has 0 bridgehead atoms. The van der Waals surface area contributed by atoms with Crippen molar-refractivity contribution in [2.24, 2.45) is 11.8 Å². The highest BCUT2D eigenvalue weighted by Gasteiger charge is 2.29. The van der Waals surface area contributed by atoms with Gasteiger partial charge in [0.15, 0.2) is 0 Å². The Bertz CT molecular complexity index is 201. The van der Waals surface area contributed by atoms with E-state index in [0.29, 0.717) is 0 Å². The first-order valence-electron chi connectivity index (χ1n) is 8.02. The molecule has 0 amide bonds. The second-order valence-electron chi connectivity index (χ2n) is 6.76. The molecule has 1 aliphatic carbocycles. The van der Waals surface area contributed by atoms with Crippen LogP contribution in [0.25, 0.3) is 0 Å². The first kappa shape index (κ1) is 16.0. The summed E-state index contributed by atoms with van der Waals surface area (Å²) in [7, 11) is 0. The van der Waals surface area contributed by atoms with E-state index >= 15 is 0 Å². The van der Waals surface area contributed by atoms with Gasteiger partial charge in [-0.1, -0.05) is 47.5 Å². The van der Waals surface area contributed by atoms with Crippen molar-refractivity contribution >= 4 is 0 Å². The predicted molar refractivity (Wildman–Crippen MR) is 81.0 cm³/mol. The van der Waals surface area contributed by atoms with Gasteiger partial charge in [0, 0.05) is 25.2 Å². The maximum Gasteiger partial charge on any atom is 0.0249 e. The lowest BCUT2D eigenvalue weighted by molar-refractivity contribution is 0.0973. The lowest BCUT2D eigenvalue weighted by Crippen LogP contribution is -2.53. The highest BCUT2D eigenvalue weighted by molar-refractivity contribution is 4.88. The van der Waals surface area contributed by atoms with Crippen molar-refractivity contribution in [2.45, 2.75) is 72.4 Å². The average Bonchev–Trinajstić information content (AvgIpc) is 2.28. The van der Waals surface area contributed by atoms with Crippen LogP contribution in [0.5, 0.6) is 0 Å². The number of nitrogens with zero attached hydrogens (tertiary/aromatic N) is 1. The van der Waals surface area contributed by atoms with E-state index in [9.17, 15) is 0 Å². The molecule has 0 aliphatic heterocycles. The zero-order chi connectivity index (χ0) is 13.5. The van der Waals surface area contributed by atoms with Crippen molar-refractivity contribution in [1.82, 2.24) is 10.2 Å². The number of nitrogens with one attached hydrogen (secondary N) is 1. The third kappa shape index (κ3) is 5.27. The minimum Gasteiger partial charge on any atom is -0.313 e. The first-order chi connectivity index (χ1) is 8.54. The van der Waals surface area contributed by atoms with E-state index in [1.807, 2.05) is 0 Å². The summed E-state index contributed by atoms with van der Waals surface area (Å²) < 4.78 is 0. The number of hydrogen-bond donors (Lipinski definition) is 1. The molecule has 0 heterocycles. The van der Waals surface area contributed by atoms with Crippen molar-refractivity contribution in [3.05, 3.63) is 0 Å². The smallest absolute Gasteiger partial charge is 0.0249 e. The molecule has 0 aromatic carbocycles. The first-order valence-corrected chi connectivity index (χ1v) is 8.02. The van der Waals surface area contributed by atoms with Gasteiger partial charge in [-0.15, -0.1) is 0 Å². The highest BCUT2D eigenvalue weighted by atomic mass is 15.2. The standard InChI is InChI=1S/C16H34N2/c1-6-17-15-9-7-8-10-16(15)18(11-13(2)3)12-14(4)5/h13-17H,6-12H2,1-5H3. The Balaban J connectivity index is 2.66. The molecule has 1 saturated carbocycles. The van der Waals surface area contributed by atoms with E-state index in [1.54, 1.807) is 0 Å². The minimum atomic E-state index is 0.723.